The first-order valence-electron chi connectivity index (χ1n) is 7.60. The number of nitrogens with one attached hydrogen (secondary N) is 2. The Morgan fingerprint density at radius 3 is 2.83 bits per heavy atom. The van der Waals surface area contributed by atoms with Crippen molar-refractivity contribution in [3.8, 4) is 5.69 Å². The van der Waals surface area contributed by atoms with Gasteiger partial charge in [0.15, 0.2) is 0 Å². The van der Waals surface area contributed by atoms with Crippen LogP contribution in [0.3, 0.4) is 0 Å². The third-order valence-corrected chi connectivity index (χ3v) is 3.59. The number of amides is 2. The zero-order valence-corrected chi connectivity index (χ0v) is 14.0. The van der Waals surface area contributed by atoms with Crippen LogP contribution in [0.2, 0.25) is 5.02 Å². The van der Waals surface area contributed by atoms with E-state index in [1.807, 2.05) is 19.1 Å². The number of halogens is 1. The molecule has 1 aromatic heterocycles. The minimum Gasteiger partial charge on any atom is -0.481 e. The number of nitrogens with zero attached hydrogens (tertiary/aromatic N) is 2. The Morgan fingerprint density at radius 1 is 1.38 bits per heavy atom. The third-order valence-electron chi connectivity index (χ3n) is 3.36. The molecule has 2 rings (SSSR count). The summed E-state index contributed by atoms with van der Waals surface area (Å²) in [6.45, 7) is 2.26. The number of carbonyl (C=O) groups excluding carboxylic acids is 1. The fourth-order valence-corrected chi connectivity index (χ4v) is 2.44. The van der Waals surface area contributed by atoms with Gasteiger partial charge in [0.2, 0.25) is 0 Å². The maximum atomic E-state index is 11.9. The highest BCUT2D eigenvalue weighted by Crippen LogP contribution is 2.22. The van der Waals surface area contributed by atoms with Gasteiger partial charge in [0.05, 0.1) is 23.3 Å². The summed E-state index contributed by atoms with van der Waals surface area (Å²) in [6, 6.07) is 6.91. The highest BCUT2D eigenvalue weighted by Gasteiger charge is 2.13. The predicted molar refractivity (Wildman–Crippen MR) is 91.8 cm³/mol. The van der Waals surface area contributed by atoms with Crippen LogP contribution >= 0.6 is 11.6 Å². The van der Waals surface area contributed by atoms with Gasteiger partial charge >= 0.3 is 12.0 Å². The predicted octanol–water partition coefficient (Wildman–Crippen LogP) is 3.07. The molecule has 0 saturated heterocycles. The molecule has 0 aliphatic carbocycles. The van der Waals surface area contributed by atoms with Gasteiger partial charge < -0.3 is 15.7 Å². The summed E-state index contributed by atoms with van der Waals surface area (Å²) in [7, 11) is 0. The SMILES string of the molecule is CCc1c(NC(=O)NCCCC(=O)O)cnn1-c1cccc(Cl)c1. The van der Waals surface area contributed by atoms with Crippen molar-refractivity contribution in [3.05, 3.63) is 41.2 Å². The van der Waals surface area contributed by atoms with Crippen LogP contribution in [0, 0.1) is 0 Å². The molecule has 0 spiro atoms. The summed E-state index contributed by atoms with van der Waals surface area (Å²) >= 11 is 6.01. The van der Waals surface area contributed by atoms with E-state index in [-0.39, 0.29) is 12.5 Å². The first kappa shape index (κ1) is 17.8. The molecule has 128 valence electrons. The van der Waals surface area contributed by atoms with Gasteiger partial charge in [-0.05, 0) is 31.0 Å². The summed E-state index contributed by atoms with van der Waals surface area (Å²) in [6.07, 6.45) is 2.65. The van der Waals surface area contributed by atoms with E-state index in [9.17, 15) is 9.59 Å². The van der Waals surface area contributed by atoms with Crippen LogP contribution in [0.5, 0.6) is 0 Å². The molecule has 1 aromatic carbocycles. The molecule has 0 atom stereocenters. The number of anilines is 1. The Bertz CT molecular complexity index is 730. The van der Waals surface area contributed by atoms with E-state index in [4.69, 9.17) is 16.7 Å². The van der Waals surface area contributed by atoms with Crippen LogP contribution in [-0.4, -0.2) is 33.4 Å². The molecule has 8 heteroatoms. The van der Waals surface area contributed by atoms with Gasteiger partial charge in [-0.1, -0.05) is 24.6 Å². The second kappa shape index (κ2) is 8.35. The molecule has 0 bridgehead atoms. The molecule has 1 heterocycles. The molecule has 3 N–H and O–H groups in total. The molecule has 2 aromatic rings. The standard InChI is InChI=1S/C16H19ClN4O3/c1-2-14-13(20-16(24)18-8-4-7-15(22)23)10-19-21(14)12-6-3-5-11(17)9-12/h3,5-6,9-10H,2,4,7-8H2,1H3,(H,22,23)(H2,18,20,24). The Kier molecular flexibility index (Phi) is 6.20. The van der Waals surface area contributed by atoms with Crippen LogP contribution < -0.4 is 10.6 Å². The summed E-state index contributed by atoms with van der Waals surface area (Å²) in [5, 5.41) is 18.8. The van der Waals surface area contributed by atoms with Crippen molar-refractivity contribution in [3.63, 3.8) is 0 Å². The maximum Gasteiger partial charge on any atom is 0.319 e. The van der Waals surface area contributed by atoms with Crippen molar-refractivity contribution < 1.29 is 14.7 Å². The van der Waals surface area contributed by atoms with Gasteiger partial charge in [-0.15, -0.1) is 0 Å². The Labute approximate surface area is 144 Å². The van der Waals surface area contributed by atoms with E-state index >= 15 is 0 Å². The minimum atomic E-state index is -0.881. The molecule has 7 nitrogen and oxygen atoms in total. The minimum absolute atomic E-state index is 0.0210. The number of carboxylic acid groups (broad SMARTS) is 1. The lowest BCUT2D eigenvalue weighted by atomic mass is 10.2. The topological polar surface area (TPSA) is 96.2 Å². The number of carboxylic acids is 1. The van der Waals surface area contributed by atoms with Crippen molar-refractivity contribution in [2.45, 2.75) is 26.2 Å². The highest BCUT2D eigenvalue weighted by atomic mass is 35.5. The average molecular weight is 351 g/mol. The number of benzene rings is 1. The number of hydrogen-bond donors (Lipinski definition) is 3. The van der Waals surface area contributed by atoms with Crippen LogP contribution in [-0.2, 0) is 11.2 Å². The normalized spacial score (nSPS) is 10.4. The monoisotopic (exact) mass is 350 g/mol. The molecule has 0 unspecified atom stereocenters. The molecule has 0 radical (unpaired) electrons. The van der Waals surface area contributed by atoms with Crippen molar-refractivity contribution in [1.82, 2.24) is 15.1 Å². The smallest absolute Gasteiger partial charge is 0.319 e. The quantitative estimate of drug-likeness (QED) is 0.668. The fourth-order valence-electron chi connectivity index (χ4n) is 2.26. The van der Waals surface area contributed by atoms with Crippen LogP contribution in [0.1, 0.15) is 25.5 Å². The number of hydrogen-bond acceptors (Lipinski definition) is 3. The number of urea groups is 1. The summed E-state index contributed by atoms with van der Waals surface area (Å²) < 4.78 is 1.73. The van der Waals surface area contributed by atoms with Gasteiger partial charge in [0.25, 0.3) is 0 Å². The number of aromatic nitrogens is 2. The van der Waals surface area contributed by atoms with Gasteiger partial charge in [0.1, 0.15) is 0 Å². The Morgan fingerprint density at radius 2 is 2.17 bits per heavy atom. The molecule has 2 amide bonds. The second-order valence-corrected chi connectivity index (χ2v) is 5.56. The maximum absolute atomic E-state index is 11.9. The molecular weight excluding hydrogens is 332 g/mol. The van der Waals surface area contributed by atoms with Gasteiger partial charge in [0, 0.05) is 18.0 Å². The molecule has 0 aliphatic heterocycles. The van der Waals surface area contributed by atoms with Gasteiger partial charge in [-0.25, -0.2) is 9.48 Å². The van der Waals surface area contributed by atoms with E-state index in [0.717, 1.165) is 11.4 Å². The fraction of sp³-hybridized carbons (Fsp3) is 0.312. The van der Waals surface area contributed by atoms with Crippen LogP contribution in [0.25, 0.3) is 5.69 Å². The van der Waals surface area contributed by atoms with Crippen molar-refractivity contribution >= 4 is 29.3 Å². The number of carbonyl (C=O) groups is 2. The molecule has 24 heavy (non-hydrogen) atoms. The van der Waals surface area contributed by atoms with Gasteiger partial charge in [-0.3, -0.25) is 4.79 Å². The van der Waals surface area contributed by atoms with Crippen molar-refractivity contribution in [1.29, 1.82) is 0 Å². The van der Waals surface area contributed by atoms with Crippen LogP contribution in [0.15, 0.2) is 30.5 Å². The molecule has 0 aliphatic rings. The molecule has 0 fully saturated rings. The zero-order valence-electron chi connectivity index (χ0n) is 13.3. The molecule has 0 saturated carbocycles. The van der Waals surface area contributed by atoms with Crippen molar-refractivity contribution in [2.24, 2.45) is 0 Å². The number of aliphatic carboxylic acids is 1. The lowest BCUT2D eigenvalue weighted by Gasteiger charge is -2.10. The van der Waals surface area contributed by atoms with E-state index in [1.165, 1.54) is 0 Å². The van der Waals surface area contributed by atoms with Gasteiger partial charge in [-0.2, -0.15) is 5.10 Å². The van der Waals surface area contributed by atoms with E-state index < -0.39 is 5.97 Å². The number of rotatable bonds is 7. The first-order chi connectivity index (χ1) is 11.5. The summed E-state index contributed by atoms with van der Waals surface area (Å²) in [5.74, 6) is -0.881. The molecular formula is C16H19ClN4O3. The van der Waals surface area contributed by atoms with E-state index in [1.54, 1.807) is 23.0 Å². The van der Waals surface area contributed by atoms with Crippen molar-refractivity contribution in [2.75, 3.05) is 11.9 Å². The third kappa shape index (κ3) is 4.73. The Hall–Kier alpha value is -2.54. The largest absolute Gasteiger partial charge is 0.481 e. The van der Waals surface area contributed by atoms with Crippen LogP contribution in [0.4, 0.5) is 10.5 Å². The lowest BCUT2D eigenvalue weighted by Crippen LogP contribution is -2.30. The zero-order chi connectivity index (χ0) is 17.5. The highest BCUT2D eigenvalue weighted by molar-refractivity contribution is 6.30. The lowest BCUT2D eigenvalue weighted by molar-refractivity contribution is -0.137. The first-order valence-corrected chi connectivity index (χ1v) is 7.98. The Balaban J connectivity index is 2.04. The van der Waals surface area contributed by atoms with E-state index in [2.05, 4.69) is 15.7 Å². The second-order valence-electron chi connectivity index (χ2n) is 5.13. The average Bonchev–Trinajstić information content (AvgIpc) is 2.94. The van der Waals surface area contributed by atoms with E-state index in [0.29, 0.717) is 30.1 Å². The summed E-state index contributed by atoms with van der Waals surface area (Å²) in [4.78, 5) is 22.3. The summed E-state index contributed by atoms with van der Waals surface area (Å²) in [5.41, 5.74) is 2.26.